The second-order valence-corrected chi connectivity index (χ2v) is 22.9. The molecule has 1 spiro atoms. The van der Waals surface area contributed by atoms with E-state index in [1.807, 2.05) is 44.7 Å². The molecule has 6 fully saturated rings. The van der Waals surface area contributed by atoms with Crippen molar-refractivity contribution in [3.8, 4) is 11.3 Å². The van der Waals surface area contributed by atoms with Gasteiger partial charge in [-0.25, -0.2) is 14.4 Å². The fourth-order valence-electron chi connectivity index (χ4n) is 13.7. The maximum Gasteiger partial charge on any atom is 0.238 e. The molecule has 392 valence electrons. The topological polar surface area (TPSA) is 165 Å². The number of halogens is 1. The Morgan fingerprint density at radius 3 is 2.27 bits per heavy atom. The van der Waals surface area contributed by atoms with Crippen LogP contribution in [0, 0.1) is 17.7 Å². The van der Waals surface area contributed by atoms with E-state index in [0.717, 1.165) is 90.7 Å². The standard InChI is InChI=1S/C59H69FN10O5/c1-36(2)69-35-61-50-33-49(64-54(53(50)69)63-48-9-5-4-8-47(48)60)39-14-20-46-51(30-39)70(44-31-43(32-44)66-25-6-3-7-26-66)58(75)59(46)23-28-67(29-24-59)57(74)40-22-27-68(34-40)56(73)38-12-17-42(18-13-38)62-41-15-10-37(11-16-41)45-19-21-52(71)65-55(45)72/h4-5,8-11,14-16,20,30,33,35-36,38,40,42-45,62H,3,6-7,12-13,17-19,21-29,31-32,34H2,1-2H3,(H,63,64)(H,65,71,72)/t38?,40-,42?,43?,44?,45?/m1/s1. The molecule has 2 saturated carbocycles. The van der Waals surface area contributed by atoms with Crippen LogP contribution < -0.4 is 20.9 Å². The summed E-state index contributed by atoms with van der Waals surface area (Å²) in [5.74, 6) is -0.597. The lowest BCUT2D eigenvalue weighted by molar-refractivity contribution is -0.140. The number of hydrogen-bond donors (Lipinski definition) is 3. The van der Waals surface area contributed by atoms with Gasteiger partial charge in [0.05, 0.1) is 40.5 Å². The van der Waals surface area contributed by atoms with Crippen LogP contribution in [0.1, 0.15) is 127 Å². The number of nitrogens with zero attached hydrogens (tertiary/aromatic N) is 7. The fourth-order valence-corrected chi connectivity index (χ4v) is 13.7. The maximum atomic E-state index is 15.3. The minimum Gasteiger partial charge on any atom is -0.382 e. The highest BCUT2D eigenvalue weighted by Crippen LogP contribution is 2.52. The number of imide groups is 1. The van der Waals surface area contributed by atoms with E-state index >= 15 is 9.18 Å². The molecule has 16 heteroatoms. The zero-order chi connectivity index (χ0) is 51.5. The number of likely N-dealkylation sites (tertiary alicyclic amines) is 3. The Labute approximate surface area is 438 Å². The lowest BCUT2D eigenvalue weighted by Crippen LogP contribution is -2.58. The van der Waals surface area contributed by atoms with Crippen molar-refractivity contribution in [1.82, 2.24) is 34.6 Å². The number of pyridine rings is 1. The predicted molar refractivity (Wildman–Crippen MR) is 286 cm³/mol. The summed E-state index contributed by atoms with van der Waals surface area (Å²) >= 11 is 0. The Hall–Kier alpha value is -6.68. The van der Waals surface area contributed by atoms with Gasteiger partial charge in [0.25, 0.3) is 0 Å². The summed E-state index contributed by atoms with van der Waals surface area (Å²) in [6.45, 7) is 8.36. The minimum atomic E-state index is -0.754. The number of para-hydroxylation sites is 1. The number of fused-ring (bicyclic) bond motifs is 3. The number of piperidine rings is 3. The molecule has 2 aliphatic carbocycles. The normalized spacial score (nSPS) is 25.9. The molecule has 3 aromatic carbocycles. The first-order chi connectivity index (χ1) is 36.4. The molecule has 2 atom stereocenters. The highest BCUT2D eigenvalue weighted by Gasteiger charge is 2.56. The average Bonchev–Trinajstić information content (AvgIpc) is 4.16. The summed E-state index contributed by atoms with van der Waals surface area (Å²) in [6.07, 6.45) is 13.3. The number of amides is 5. The largest absolute Gasteiger partial charge is 0.382 e. The number of nitrogens with one attached hydrogen (secondary N) is 3. The highest BCUT2D eigenvalue weighted by atomic mass is 19.1. The van der Waals surface area contributed by atoms with Crippen LogP contribution in [0.2, 0.25) is 0 Å². The molecule has 0 bridgehead atoms. The van der Waals surface area contributed by atoms with Gasteiger partial charge in [-0.3, -0.25) is 29.3 Å². The first-order valence-corrected chi connectivity index (χ1v) is 27.8. The molecule has 7 aliphatic rings. The zero-order valence-electron chi connectivity index (χ0n) is 43.2. The molecule has 5 amide bonds. The maximum absolute atomic E-state index is 15.3. The monoisotopic (exact) mass is 1020 g/mol. The van der Waals surface area contributed by atoms with Crippen LogP contribution in [-0.2, 0) is 29.4 Å². The van der Waals surface area contributed by atoms with Crippen molar-refractivity contribution in [2.24, 2.45) is 11.8 Å². The summed E-state index contributed by atoms with van der Waals surface area (Å²) in [6, 6.07) is 23.7. The minimum absolute atomic E-state index is 0.0656. The zero-order valence-corrected chi connectivity index (χ0v) is 43.2. The lowest BCUT2D eigenvalue weighted by Gasteiger charge is -2.48. The molecule has 5 aliphatic heterocycles. The van der Waals surface area contributed by atoms with Crippen molar-refractivity contribution in [2.75, 3.05) is 54.8 Å². The van der Waals surface area contributed by atoms with Gasteiger partial charge >= 0.3 is 0 Å². The molecule has 12 rings (SSSR count). The Morgan fingerprint density at radius 1 is 0.787 bits per heavy atom. The molecule has 15 nitrogen and oxygen atoms in total. The van der Waals surface area contributed by atoms with Gasteiger partial charge in [0.15, 0.2) is 5.82 Å². The summed E-state index contributed by atoms with van der Waals surface area (Å²) < 4.78 is 17.2. The van der Waals surface area contributed by atoms with Crippen LogP contribution in [-0.4, -0.2) is 116 Å². The van der Waals surface area contributed by atoms with Crippen molar-refractivity contribution < 1.29 is 28.4 Å². The molecule has 3 N–H and O–H groups in total. The van der Waals surface area contributed by atoms with E-state index in [9.17, 15) is 19.2 Å². The van der Waals surface area contributed by atoms with Crippen molar-refractivity contribution in [1.29, 1.82) is 0 Å². The average molecular weight is 1020 g/mol. The molecular formula is C59H69FN10O5. The van der Waals surface area contributed by atoms with E-state index in [1.54, 1.807) is 24.5 Å². The third-order valence-electron chi connectivity index (χ3n) is 18.1. The van der Waals surface area contributed by atoms with Crippen LogP contribution in [0.15, 0.2) is 79.1 Å². The number of anilines is 4. The molecule has 5 aromatic rings. The van der Waals surface area contributed by atoms with Crippen LogP contribution in [0.4, 0.5) is 27.3 Å². The Kier molecular flexibility index (Phi) is 13.2. The van der Waals surface area contributed by atoms with Gasteiger partial charge in [-0.05, 0) is 152 Å². The van der Waals surface area contributed by atoms with E-state index in [4.69, 9.17) is 9.97 Å². The third kappa shape index (κ3) is 9.24. The van der Waals surface area contributed by atoms with Gasteiger partial charge in [-0.2, -0.15) is 0 Å². The van der Waals surface area contributed by atoms with E-state index < -0.39 is 5.41 Å². The summed E-state index contributed by atoms with van der Waals surface area (Å²) in [7, 11) is 0. The van der Waals surface area contributed by atoms with Gasteiger partial charge in [-0.15, -0.1) is 0 Å². The number of aromatic nitrogens is 3. The number of imidazole rings is 1. The number of benzene rings is 3. The van der Waals surface area contributed by atoms with Gasteiger partial charge in [-0.1, -0.05) is 42.8 Å². The van der Waals surface area contributed by atoms with Crippen molar-refractivity contribution in [3.63, 3.8) is 0 Å². The summed E-state index contributed by atoms with van der Waals surface area (Å²) in [5.41, 5.74) is 6.43. The quantitative estimate of drug-likeness (QED) is 0.109. The van der Waals surface area contributed by atoms with E-state index in [2.05, 4.69) is 57.8 Å². The number of carbonyl (C=O) groups is 5. The molecule has 0 radical (unpaired) electrons. The van der Waals surface area contributed by atoms with Gasteiger partial charge in [0.1, 0.15) is 11.3 Å². The molecule has 1 unspecified atom stereocenters. The fraction of sp³-hybridized carbons (Fsp3) is 0.508. The Bertz CT molecular complexity index is 3020. The van der Waals surface area contributed by atoms with Crippen molar-refractivity contribution >= 4 is 63.4 Å². The Morgan fingerprint density at radius 2 is 1.53 bits per heavy atom. The van der Waals surface area contributed by atoms with Crippen molar-refractivity contribution in [3.05, 3.63) is 96.1 Å². The van der Waals surface area contributed by atoms with Crippen molar-refractivity contribution in [2.45, 2.75) is 139 Å². The van der Waals surface area contributed by atoms with Crippen LogP contribution >= 0.6 is 0 Å². The van der Waals surface area contributed by atoms with Gasteiger partial charge in [0.2, 0.25) is 29.5 Å². The van der Waals surface area contributed by atoms with Crippen LogP contribution in [0.5, 0.6) is 0 Å². The lowest BCUT2D eigenvalue weighted by atomic mass is 9.73. The molecular weight excluding hydrogens is 948 g/mol. The number of hydrogen-bond acceptors (Lipinski definition) is 10. The smallest absolute Gasteiger partial charge is 0.238 e. The first-order valence-electron chi connectivity index (χ1n) is 27.8. The predicted octanol–water partition coefficient (Wildman–Crippen LogP) is 8.83. The molecule has 2 aromatic heterocycles. The SMILES string of the molecule is CC(C)n1cnc2cc(-c3ccc4c(c3)N(C3CC(N5CCCCC5)C3)C(=O)C43CCN(C(=O)[C@@H]4CCN(C(=O)C5CCC(Nc6ccc(C7CCC(=O)NC7=O)cc6)CC5)C4)CC3)nc(Nc3ccccc3F)c21. The second kappa shape index (κ2) is 20.1. The van der Waals surface area contributed by atoms with E-state index in [-0.39, 0.29) is 71.2 Å². The van der Waals surface area contributed by atoms with E-state index in [0.29, 0.717) is 81.5 Å². The second-order valence-electron chi connectivity index (χ2n) is 22.9. The van der Waals surface area contributed by atoms with Gasteiger partial charge < -0.3 is 34.8 Å². The number of carbonyl (C=O) groups excluding carboxylic acids is 5. The Balaban J connectivity index is 0.715. The third-order valence-corrected chi connectivity index (χ3v) is 18.1. The van der Waals surface area contributed by atoms with Crippen LogP contribution in [0.25, 0.3) is 22.3 Å². The summed E-state index contributed by atoms with van der Waals surface area (Å²) in [4.78, 5) is 86.1. The molecule has 75 heavy (non-hydrogen) atoms. The first kappa shape index (κ1) is 49.2. The van der Waals surface area contributed by atoms with Crippen LogP contribution in [0.3, 0.4) is 0 Å². The summed E-state index contributed by atoms with van der Waals surface area (Å²) in [5, 5.41) is 9.35. The highest BCUT2D eigenvalue weighted by molar-refractivity contribution is 6.09. The molecule has 4 saturated heterocycles. The molecule has 7 heterocycles. The number of rotatable bonds is 11. The van der Waals surface area contributed by atoms with E-state index in [1.165, 1.54) is 25.3 Å². The van der Waals surface area contributed by atoms with Gasteiger partial charge in [0, 0.05) is 79.6 Å².